The van der Waals surface area contributed by atoms with Gasteiger partial charge in [-0.05, 0) is 57.3 Å². The van der Waals surface area contributed by atoms with E-state index in [1.807, 2.05) is 10.8 Å². The summed E-state index contributed by atoms with van der Waals surface area (Å²) >= 11 is 0. The molecule has 4 N–H and O–H groups in total. The second-order valence-electron chi connectivity index (χ2n) is 6.93. The van der Waals surface area contributed by atoms with Crippen LogP contribution in [0, 0.1) is 0 Å². The van der Waals surface area contributed by atoms with E-state index in [0.29, 0.717) is 19.4 Å². The zero-order valence-electron chi connectivity index (χ0n) is 15.9. The molecule has 5 nitrogen and oxygen atoms in total. The molecule has 2 unspecified atom stereocenters. The lowest BCUT2D eigenvalue weighted by molar-refractivity contribution is 0.0938. The van der Waals surface area contributed by atoms with Crippen LogP contribution in [0.15, 0.2) is 24.3 Å². The molecule has 1 aromatic carbocycles. The molecule has 1 aliphatic rings. The lowest BCUT2D eigenvalue weighted by atomic mass is 10.1. The number of carbonyl (C=O) groups is 1. The SMILES string of the molecule is O=C(NCCC(O)CCNCCCCCC1CCSS1)c1ccccc1O. The molecule has 0 spiro atoms. The largest absolute Gasteiger partial charge is 0.507 e. The van der Waals surface area contributed by atoms with E-state index in [0.717, 1.165) is 18.3 Å². The first-order valence-corrected chi connectivity index (χ1v) is 12.3. The van der Waals surface area contributed by atoms with E-state index in [4.69, 9.17) is 0 Å². The first kappa shape index (κ1) is 22.4. The molecule has 1 aliphatic heterocycles. The Hall–Kier alpha value is -0.890. The van der Waals surface area contributed by atoms with Crippen LogP contribution >= 0.6 is 21.6 Å². The smallest absolute Gasteiger partial charge is 0.255 e. The fraction of sp³-hybridized carbons (Fsp3) is 0.650. The van der Waals surface area contributed by atoms with Gasteiger partial charge in [0.25, 0.3) is 5.91 Å². The van der Waals surface area contributed by atoms with Gasteiger partial charge < -0.3 is 20.8 Å². The summed E-state index contributed by atoms with van der Waals surface area (Å²) in [4.78, 5) is 11.9. The fourth-order valence-corrected chi connectivity index (χ4v) is 6.04. The predicted octanol–water partition coefficient (Wildman–Crippen LogP) is 3.57. The Morgan fingerprint density at radius 3 is 2.74 bits per heavy atom. The number of para-hydroxylation sites is 1. The van der Waals surface area contributed by atoms with Crippen LogP contribution in [0.25, 0.3) is 0 Å². The second kappa shape index (κ2) is 13.3. The highest BCUT2D eigenvalue weighted by molar-refractivity contribution is 8.77. The maximum absolute atomic E-state index is 11.9. The normalized spacial score (nSPS) is 17.7. The topological polar surface area (TPSA) is 81.6 Å². The number of aliphatic hydroxyl groups is 1. The number of hydrogen-bond donors (Lipinski definition) is 4. The summed E-state index contributed by atoms with van der Waals surface area (Å²) < 4.78 is 0. The Morgan fingerprint density at radius 2 is 1.96 bits per heavy atom. The molecule has 0 radical (unpaired) electrons. The predicted molar refractivity (Wildman–Crippen MR) is 115 cm³/mol. The number of phenols is 1. The number of carbonyl (C=O) groups excluding carboxylic acids is 1. The summed E-state index contributed by atoms with van der Waals surface area (Å²) in [6, 6.07) is 6.46. The van der Waals surface area contributed by atoms with E-state index < -0.39 is 6.10 Å². The lowest BCUT2D eigenvalue weighted by Crippen LogP contribution is -2.28. The van der Waals surface area contributed by atoms with Gasteiger partial charge in [0.05, 0.1) is 11.7 Å². The molecule has 1 saturated heterocycles. The van der Waals surface area contributed by atoms with Crippen LogP contribution in [0.4, 0.5) is 0 Å². The number of rotatable bonds is 13. The van der Waals surface area contributed by atoms with Gasteiger partial charge in [-0.15, -0.1) is 0 Å². The van der Waals surface area contributed by atoms with Crippen LogP contribution in [-0.2, 0) is 0 Å². The monoisotopic (exact) mass is 412 g/mol. The third-order valence-corrected chi connectivity index (χ3v) is 7.68. The molecular formula is C20H32N2O3S2. The number of aliphatic hydroxyl groups excluding tert-OH is 1. The van der Waals surface area contributed by atoms with Crippen molar-refractivity contribution in [1.82, 2.24) is 10.6 Å². The molecule has 1 aromatic rings. The molecule has 2 rings (SSSR count). The number of phenolic OH excluding ortho intramolecular Hbond substituents is 1. The third-order valence-electron chi connectivity index (χ3n) is 4.67. The van der Waals surface area contributed by atoms with Gasteiger partial charge in [0, 0.05) is 17.5 Å². The molecule has 152 valence electrons. The average Bonchev–Trinajstić information content (AvgIpc) is 3.17. The zero-order chi connectivity index (χ0) is 19.3. The van der Waals surface area contributed by atoms with Gasteiger partial charge in [0.1, 0.15) is 5.75 Å². The van der Waals surface area contributed by atoms with Gasteiger partial charge in [-0.2, -0.15) is 0 Å². The van der Waals surface area contributed by atoms with Gasteiger partial charge in [0.15, 0.2) is 0 Å². The summed E-state index contributed by atoms with van der Waals surface area (Å²) in [5.41, 5.74) is 0.263. The number of unbranched alkanes of at least 4 members (excludes halogenated alkanes) is 2. The van der Waals surface area contributed by atoms with E-state index in [9.17, 15) is 15.0 Å². The number of amides is 1. The van der Waals surface area contributed by atoms with Gasteiger partial charge in [-0.25, -0.2) is 0 Å². The van der Waals surface area contributed by atoms with Crippen molar-refractivity contribution in [2.45, 2.75) is 56.3 Å². The summed E-state index contributed by atoms with van der Waals surface area (Å²) in [5.74, 6) is 0.978. The number of nitrogens with one attached hydrogen (secondary N) is 2. The van der Waals surface area contributed by atoms with Crippen molar-refractivity contribution in [3.05, 3.63) is 29.8 Å². The summed E-state index contributed by atoms with van der Waals surface area (Å²) in [5, 5.41) is 26.7. The highest BCUT2D eigenvalue weighted by atomic mass is 33.1. The Balaban J connectivity index is 1.41. The van der Waals surface area contributed by atoms with Crippen LogP contribution in [0.1, 0.15) is 55.3 Å². The molecule has 27 heavy (non-hydrogen) atoms. The highest BCUT2D eigenvalue weighted by Gasteiger charge is 2.15. The molecule has 2 atom stereocenters. The van der Waals surface area contributed by atoms with Crippen molar-refractivity contribution in [2.24, 2.45) is 0 Å². The van der Waals surface area contributed by atoms with Gasteiger partial charge in [-0.3, -0.25) is 4.79 Å². The van der Waals surface area contributed by atoms with E-state index >= 15 is 0 Å². The van der Waals surface area contributed by atoms with Crippen LogP contribution in [-0.4, -0.2) is 52.9 Å². The van der Waals surface area contributed by atoms with Crippen LogP contribution < -0.4 is 10.6 Å². The molecule has 1 amide bonds. The van der Waals surface area contributed by atoms with E-state index in [1.54, 1.807) is 18.2 Å². The summed E-state index contributed by atoms with van der Waals surface area (Å²) in [6.07, 6.45) is 7.27. The average molecular weight is 413 g/mol. The quantitative estimate of drug-likeness (QED) is 0.293. The van der Waals surface area contributed by atoms with Crippen molar-refractivity contribution in [1.29, 1.82) is 0 Å². The summed E-state index contributed by atoms with van der Waals surface area (Å²) in [6.45, 7) is 2.19. The van der Waals surface area contributed by atoms with Crippen molar-refractivity contribution in [3.63, 3.8) is 0 Å². The van der Waals surface area contributed by atoms with Crippen molar-refractivity contribution >= 4 is 27.5 Å². The van der Waals surface area contributed by atoms with Gasteiger partial charge >= 0.3 is 0 Å². The number of aromatic hydroxyl groups is 1. The molecule has 0 aliphatic carbocycles. The Bertz CT molecular complexity index is 554. The van der Waals surface area contributed by atoms with Crippen molar-refractivity contribution in [3.8, 4) is 5.75 Å². The van der Waals surface area contributed by atoms with Crippen molar-refractivity contribution < 1.29 is 15.0 Å². The molecule has 7 heteroatoms. The maximum Gasteiger partial charge on any atom is 0.255 e. The minimum atomic E-state index is -0.431. The van der Waals surface area contributed by atoms with E-state index in [-0.39, 0.29) is 17.2 Å². The highest BCUT2D eigenvalue weighted by Crippen LogP contribution is 2.39. The van der Waals surface area contributed by atoms with Gasteiger partial charge in [0.2, 0.25) is 0 Å². The minimum absolute atomic E-state index is 0.0272. The summed E-state index contributed by atoms with van der Waals surface area (Å²) in [7, 11) is 4.07. The van der Waals surface area contributed by atoms with E-state index in [2.05, 4.69) is 21.4 Å². The molecule has 1 heterocycles. The standard InChI is InChI=1S/C20H32N2O3S2/c23-16(10-14-22-20(25)18-7-3-4-8-19(18)24)9-13-21-12-5-1-2-6-17-11-15-26-27-17/h3-4,7-8,16-17,21,23-24H,1-2,5-6,9-15H2,(H,22,25). The Labute approximate surface area is 170 Å². The Morgan fingerprint density at radius 1 is 1.15 bits per heavy atom. The number of benzene rings is 1. The molecular weight excluding hydrogens is 380 g/mol. The molecule has 0 aromatic heterocycles. The second-order valence-corrected chi connectivity index (χ2v) is 9.72. The molecule has 0 bridgehead atoms. The maximum atomic E-state index is 11.9. The van der Waals surface area contributed by atoms with Gasteiger partial charge in [-0.1, -0.05) is 46.6 Å². The van der Waals surface area contributed by atoms with Crippen LogP contribution in [0.2, 0.25) is 0 Å². The zero-order valence-corrected chi connectivity index (χ0v) is 17.5. The first-order chi connectivity index (χ1) is 13.2. The minimum Gasteiger partial charge on any atom is -0.507 e. The fourth-order valence-electron chi connectivity index (χ4n) is 3.01. The molecule has 0 saturated carbocycles. The molecule has 1 fully saturated rings. The Kier molecular flexibility index (Phi) is 11.0. The lowest BCUT2D eigenvalue weighted by Gasteiger charge is -2.12. The number of hydrogen-bond acceptors (Lipinski definition) is 6. The third kappa shape index (κ3) is 9.23. The van der Waals surface area contributed by atoms with Crippen molar-refractivity contribution in [2.75, 3.05) is 25.4 Å². The van der Waals surface area contributed by atoms with Crippen LogP contribution in [0.5, 0.6) is 5.75 Å². The van der Waals surface area contributed by atoms with E-state index in [1.165, 1.54) is 43.9 Å². The first-order valence-electron chi connectivity index (χ1n) is 9.90. The van der Waals surface area contributed by atoms with Crippen LogP contribution in [0.3, 0.4) is 0 Å².